The van der Waals surface area contributed by atoms with Crippen molar-refractivity contribution in [1.82, 2.24) is 4.90 Å². The van der Waals surface area contributed by atoms with Crippen LogP contribution in [0.1, 0.15) is 24.8 Å². The van der Waals surface area contributed by atoms with Crippen molar-refractivity contribution in [2.24, 2.45) is 5.73 Å². The fourth-order valence-corrected chi connectivity index (χ4v) is 2.56. The molecule has 0 saturated carbocycles. The van der Waals surface area contributed by atoms with Crippen LogP contribution in [-0.2, 0) is 4.79 Å². The van der Waals surface area contributed by atoms with Crippen molar-refractivity contribution >= 4 is 24.0 Å². The van der Waals surface area contributed by atoms with Gasteiger partial charge in [-0.05, 0) is 38.4 Å². The fraction of sp³-hybridized carbons (Fsp3) is 0.533. The second-order valence-corrected chi connectivity index (χ2v) is 5.27. The van der Waals surface area contributed by atoms with Crippen molar-refractivity contribution in [2.75, 3.05) is 25.0 Å². The van der Waals surface area contributed by atoms with E-state index < -0.39 is 0 Å². The van der Waals surface area contributed by atoms with Gasteiger partial charge in [-0.3, -0.25) is 9.69 Å². The molecule has 1 unspecified atom stereocenters. The smallest absolute Gasteiger partial charge is 0.238 e. The van der Waals surface area contributed by atoms with Crippen LogP contribution in [0, 0.1) is 6.92 Å². The first-order valence-corrected chi connectivity index (χ1v) is 6.99. The Morgan fingerprint density at radius 2 is 2.05 bits per heavy atom. The first-order valence-electron chi connectivity index (χ1n) is 6.99. The predicted octanol–water partition coefficient (Wildman–Crippen LogP) is 2.17. The van der Waals surface area contributed by atoms with Crippen LogP contribution in [-0.4, -0.2) is 36.5 Å². The first-order chi connectivity index (χ1) is 9.19. The molecule has 1 amide bonds. The Kier molecular flexibility index (Phi) is 6.99. The summed E-state index contributed by atoms with van der Waals surface area (Å²) in [5, 5.41) is 2.94. The van der Waals surface area contributed by atoms with Crippen LogP contribution in [0.15, 0.2) is 24.3 Å². The Balaban J connectivity index is 0.00000200. The van der Waals surface area contributed by atoms with E-state index in [1.54, 1.807) is 0 Å². The van der Waals surface area contributed by atoms with Gasteiger partial charge in [-0.15, -0.1) is 12.4 Å². The lowest BCUT2D eigenvalue weighted by atomic mass is 10.0. The third-order valence-corrected chi connectivity index (χ3v) is 3.70. The molecule has 2 rings (SSSR count). The van der Waals surface area contributed by atoms with E-state index in [1.165, 1.54) is 12.0 Å². The molecule has 20 heavy (non-hydrogen) atoms. The number of carbonyl (C=O) groups is 1. The molecule has 112 valence electrons. The maximum Gasteiger partial charge on any atom is 0.238 e. The Morgan fingerprint density at radius 3 is 2.70 bits per heavy atom. The molecule has 5 heteroatoms. The summed E-state index contributed by atoms with van der Waals surface area (Å²) in [6, 6.07) is 8.23. The zero-order valence-electron chi connectivity index (χ0n) is 12.0. The Morgan fingerprint density at radius 1 is 1.35 bits per heavy atom. The number of benzene rings is 1. The maximum atomic E-state index is 12.0. The van der Waals surface area contributed by atoms with Gasteiger partial charge in [0.05, 0.1) is 6.54 Å². The van der Waals surface area contributed by atoms with Gasteiger partial charge in [-0.25, -0.2) is 0 Å². The zero-order chi connectivity index (χ0) is 13.7. The molecule has 0 radical (unpaired) electrons. The number of piperidine rings is 1. The van der Waals surface area contributed by atoms with Gasteiger partial charge in [0, 0.05) is 18.3 Å². The SMILES string of the molecule is Cc1ccc(NC(=O)CN2CCCCC2CN)cc1.Cl. The van der Waals surface area contributed by atoms with E-state index in [-0.39, 0.29) is 18.3 Å². The summed E-state index contributed by atoms with van der Waals surface area (Å²) in [6.07, 6.45) is 3.49. The van der Waals surface area contributed by atoms with Gasteiger partial charge in [-0.2, -0.15) is 0 Å². The molecular weight excluding hydrogens is 274 g/mol. The standard InChI is InChI=1S/C15H23N3O.ClH/c1-12-5-7-13(8-6-12)17-15(19)11-18-9-3-2-4-14(18)10-16;/h5-8,14H,2-4,9-11,16H2,1H3,(H,17,19);1H. The molecule has 1 fully saturated rings. The number of hydrogen-bond acceptors (Lipinski definition) is 3. The minimum atomic E-state index is 0. The van der Waals surface area contributed by atoms with Crippen LogP contribution >= 0.6 is 12.4 Å². The molecular formula is C15H24ClN3O. The van der Waals surface area contributed by atoms with Crippen LogP contribution in [0.25, 0.3) is 0 Å². The molecule has 0 spiro atoms. The maximum absolute atomic E-state index is 12.0. The van der Waals surface area contributed by atoms with E-state index in [9.17, 15) is 4.79 Å². The van der Waals surface area contributed by atoms with Gasteiger partial charge in [0.25, 0.3) is 0 Å². The number of anilines is 1. The van der Waals surface area contributed by atoms with Crippen molar-refractivity contribution in [2.45, 2.75) is 32.2 Å². The van der Waals surface area contributed by atoms with E-state index in [0.29, 0.717) is 19.1 Å². The molecule has 1 atom stereocenters. The summed E-state index contributed by atoms with van der Waals surface area (Å²) in [6.45, 7) is 4.09. The molecule has 3 N–H and O–H groups in total. The van der Waals surface area contributed by atoms with E-state index in [4.69, 9.17) is 5.73 Å². The summed E-state index contributed by atoms with van der Waals surface area (Å²) in [5.74, 6) is 0.0456. The van der Waals surface area contributed by atoms with Gasteiger partial charge in [0.2, 0.25) is 5.91 Å². The Bertz CT molecular complexity index is 422. The zero-order valence-corrected chi connectivity index (χ0v) is 12.8. The summed E-state index contributed by atoms with van der Waals surface area (Å²) in [7, 11) is 0. The lowest BCUT2D eigenvalue weighted by molar-refractivity contribution is -0.118. The van der Waals surface area contributed by atoms with E-state index in [1.807, 2.05) is 31.2 Å². The van der Waals surface area contributed by atoms with Crippen molar-refractivity contribution < 1.29 is 4.79 Å². The monoisotopic (exact) mass is 297 g/mol. The van der Waals surface area contributed by atoms with Crippen molar-refractivity contribution in [3.05, 3.63) is 29.8 Å². The number of aryl methyl sites for hydroxylation is 1. The molecule has 1 aliphatic heterocycles. The van der Waals surface area contributed by atoms with Crippen LogP contribution in [0.5, 0.6) is 0 Å². The fourth-order valence-electron chi connectivity index (χ4n) is 2.56. The van der Waals surface area contributed by atoms with Gasteiger partial charge < -0.3 is 11.1 Å². The number of carbonyl (C=O) groups excluding carboxylic acids is 1. The number of amides is 1. The van der Waals surface area contributed by atoms with Gasteiger partial charge in [0.15, 0.2) is 0 Å². The van der Waals surface area contributed by atoms with E-state index in [2.05, 4.69) is 10.2 Å². The Hall–Kier alpha value is -1.10. The van der Waals surface area contributed by atoms with E-state index in [0.717, 1.165) is 25.1 Å². The quantitative estimate of drug-likeness (QED) is 0.895. The number of nitrogens with one attached hydrogen (secondary N) is 1. The number of rotatable bonds is 4. The van der Waals surface area contributed by atoms with Crippen molar-refractivity contribution in [3.8, 4) is 0 Å². The number of halogens is 1. The highest BCUT2D eigenvalue weighted by atomic mass is 35.5. The largest absolute Gasteiger partial charge is 0.329 e. The molecule has 1 saturated heterocycles. The van der Waals surface area contributed by atoms with Crippen molar-refractivity contribution in [1.29, 1.82) is 0 Å². The lowest BCUT2D eigenvalue weighted by Gasteiger charge is -2.34. The van der Waals surface area contributed by atoms with Crippen LogP contribution in [0.2, 0.25) is 0 Å². The highest BCUT2D eigenvalue weighted by Gasteiger charge is 2.22. The summed E-state index contributed by atoms with van der Waals surface area (Å²) in [5.41, 5.74) is 7.82. The molecule has 0 aliphatic carbocycles. The summed E-state index contributed by atoms with van der Waals surface area (Å²) in [4.78, 5) is 14.2. The molecule has 1 aromatic rings. The molecule has 4 nitrogen and oxygen atoms in total. The predicted molar refractivity (Wildman–Crippen MR) is 85.3 cm³/mol. The number of likely N-dealkylation sites (tertiary alicyclic amines) is 1. The molecule has 0 aromatic heterocycles. The van der Waals surface area contributed by atoms with Gasteiger partial charge in [0.1, 0.15) is 0 Å². The number of nitrogens with zero attached hydrogens (tertiary/aromatic N) is 1. The minimum absolute atomic E-state index is 0. The topological polar surface area (TPSA) is 58.4 Å². The number of hydrogen-bond donors (Lipinski definition) is 2. The van der Waals surface area contributed by atoms with Crippen molar-refractivity contribution in [3.63, 3.8) is 0 Å². The van der Waals surface area contributed by atoms with Crippen LogP contribution < -0.4 is 11.1 Å². The lowest BCUT2D eigenvalue weighted by Crippen LogP contribution is -2.47. The third kappa shape index (κ3) is 4.78. The average Bonchev–Trinajstić information content (AvgIpc) is 2.42. The van der Waals surface area contributed by atoms with E-state index >= 15 is 0 Å². The summed E-state index contributed by atoms with van der Waals surface area (Å²) >= 11 is 0. The molecule has 1 heterocycles. The normalized spacial score (nSPS) is 19.2. The van der Waals surface area contributed by atoms with Gasteiger partial charge in [-0.1, -0.05) is 24.1 Å². The highest BCUT2D eigenvalue weighted by molar-refractivity contribution is 5.92. The van der Waals surface area contributed by atoms with Gasteiger partial charge >= 0.3 is 0 Å². The second kappa shape index (κ2) is 8.25. The third-order valence-electron chi connectivity index (χ3n) is 3.70. The minimum Gasteiger partial charge on any atom is -0.329 e. The highest BCUT2D eigenvalue weighted by Crippen LogP contribution is 2.16. The van der Waals surface area contributed by atoms with Crippen LogP contribution in [0.3, 0.4) is 0 Å². The molecule has 1 aromatic carbocycles. The first kappa shape index (κ1) is 17.0. The second-order valence-electron chi connectivity index (χ2n) is 5.27. The summed E-state index contributed by atoms with van der Waals surface area (Å²) < 4.78 is 0. The Labute approximate surface area is 127 Å². The molecule has 1 aliphatic rings. The number of nitrogens with two attached hydrogens (primary N) is 1. The molecule has 0 bridgehead atoms. The average molecular weight is 298 g/mol. The van der Waals surface area contributed by atoms with Crippen LogP contribution in [0.4, 0.5) is 5.69 Å².